The second kappa shape index (κ2) is 3.25. The number of aromatic amines is 1. The predicted octanol–water partition coefficient (Wildman–Crippen LogP) is 2.54. The molecule has 0 radical (unpaired) electrons. The summed E-state index contributed by atoms with van der Waals surface area (Å²) in [7, 11) is 1.73. The van der Waals surface area contributed by atoms with Crippen LogP contribution in [0.3, 0.4) is 0 Å². The number of anilines is 1. The van der Waals surface area contributed by atoms with Crippen LogP contribution in [-0.2, 0) is 0 Å². The van der Waals surface area contributed by atoms with Gasteiger partial charge in [-0.25, -0.2) is 13.8 Å². The van der Waals surface area contributed by atoms with E-state index in [0.29, 0.717) is 11.0 Å². The molecule has 0 amide bonds. The standard InChI is InChI=1S/C9H9F2N3/c1-12-5-3-2-4-6-7(5)14-9(13-6)8(10)11/h2-4,8,12H,1H3,(H,13,14). The molecule has 1 aromatic carbocycles. The van der Waals surface area contributed by atoms with Crippen LogP contribution in [0.1, 0.15) is 12.2 Å². The second-order valence-electron chi connectivity index (χ2n) is 2.87. The van der Waals surface area contributed by atoms with E-state index in [0.717, 1.165) is 5.69 Å². The zero-order valence-corrected chi connectivity index (χ0v) is 7.51. The molecule has 0 saturated heterocycles. The fourth-order valence-electron chi connectivity index (χ4n) is 1.36. The van der Waals surface area contributed by atoms with E-state index in [1.54, 1.807) is 25.2 Å². The van der Waals surface area contributed by atoms with Gasteiger partial charge in [0, 0.05) is 7.05 Å². The molecule has 0 aliphatic heterocycles. The molecule has 0 fully saturated rings. The predicted molar refractivity (Wildman–Crippen MR) is 50.6 cm³/mol. The first-order chi connectivity index (χ1) is 6.72. The number of para-hydroxylation sites is 1. The van der Waals surface area contributed by atoms with E-state index >= 15 is 0 Å². The Morgan fingerprint density at radius 3 is 2.86 bits per heavy atom. The van der Waals surface area contributed by atoms with Gasteiger partial charge in [-0.2, -0.15) is 0 Å². The molecule has 2 rings (SSSR count). The van der Waals surface area contributed by atoms with Gasteiger partial charge in [-0.05, 0) is 12.1 Å². The number of nitrogens with one attached hydrogen (secondary N) is 2. The molecule has 5 heteroatoms. The largest absolute Gasteiger partial charge is 0.386 e. The molecule has 2 N–H and O–H groups in total. The molecule has 1 aromatic heterocycles. The Morgan fingerprint density at radius 1 is 1.43 bits per heavy atom. The average molecular weight is 197 g/mol. The minimum Gasteiger partial charge on any atom is -0.386 e. The van der Waals surface area contributed by atoms with E-state index < -0.39 is 6.43 Å². The smallest absolute Gasteiger partial charge is 0.295 e. The lowest BCUT2D eigenvalue weighted by Gasteiger charge is -1.98. The van der Waals surface area contributed by atoms with Crippen molar-refractivity contribution in [1.82, 2.24) is 9.97 Å². The summed E-state index contributed by atoms with van der Waals surface area (Å²) < 4.78 is 24.7. The molecular formula is C9H9F2N3. The Labute approximate surface area is 79.2 Å². The number of H-pyrrole nitrogens is 1. The van der Waals surface area contributed by atoms with Crippen LogP contribution in [0.5, 0.6) is 0 Å². The second-order valence-corrected chi connectivity index (χ2v) is 2.87. The Bertz CT molecular complexity index is 450. The Morgan fingerprint density at radius 2 is 2.21 bits per heavy atom. The molecule has 74 valence electrons. The quantitative estimate of drug-likeness (QED) is 0.776. The van der Waals surface area contributed by atoms with Crippen LogP contribution in [-0.4, -0.2) is 17.0 Å². The fraction of sp³-hybridized carbons (Fsp3) is 0.222. The molecular weight excluding hydrogens is 188 g/mol. The molecule has 2 aromatic rings. The molecule has 0 aliphatic carbocycles. The van der Waals surface area contributed by atoms with Crippen LogP contribution in [0.25, 0.3) is 11.0 Å². The highest BCUT2D eigenvalue weighted by molar-refractivity contribution is 5.88. The van der Waals surface area contributed by atoms with Crippen LogP contribution < -0.4 is 5.32 Å². The summed E-state index contributed by atoms with van der Waals surface area (Å²) in [5, 5.41) is 2.89. The number of fused-ring (bicyclic) bond motifs is 1. The summed E-state index contributed by atoms with van der Waals surface area (Å²) in [6.45, 7) is 0. The van der Waals surface area contributed by atoms with Crippen molar-refractivity contribution in [1.29, 1.82) is 0 Å². The minimum absolute atomic E-state index is 0.289. The van der Waals surface area contributed by atoms with Crippen molar-refractivity contribution in [2.75, 3.05) is 12.4 Å². The number of halogens is 2. The number of aromatic nitrogens is 2. The molecule has 14 heavy (non-hydrogen) atoms. The molecule has 0 bridgehead atoms. The lowest BCUT2D eigenvalue weighted by atomic mass is 10.3. The van der Waals surface area contributed by atoms with Crippen LogP contribution >= 0.6 is 0 Å². The summed E-state index contributed by atoms with van der Waals surface area (Å²) >= 11 is 0. The summed E-state index contributed by atoms with van der Waals surface area (Å²) in [6.07, 6.45) is -2.56. The maximum absolute atomic E-state index is 12.3. The van der Waals surface area contributed by atoms with Crippen LogP contribution in [0.15, 0.2) is 18.2 Å². The number of benzene rings is 1. The normalized spacial score (nSPS) is 11.1. The summed E-state index contributed by atoms with van der Waals surface area (Å²) in [6, 6.07) is 5.29. The Balaban J connectivity index is 2.64. The number of nitrogens with zero attached hydrogens (tertiary/aromatic N) is 1. The maximum atomic E-state index is 12.3. The lowest BCUT2D eigenvalue weighted by Crippen LogP contribution is -1.89. The van der Waals surface area contributed by atoms with Crippen molar-refractivity contribution in [3.8, 4) is 0 Å². The van der Waals surface area contributed by atoms with E-state index in [-0.39, 0.29) is 5.82 Å². The third-order valence-electron chi connectivity index (χ3n) is 2.01. The third kappa shape index (κ3) is 1.30. The van der Waals surface area contributed by atoms with E-state index in [1.165, 1.54) is 0 Å². The Hall–Kier alpha value is -1.65. The molecule has 0 aliphatic rings. The highest BCUT2D eigenvalue weighted by Gasteiger charge is 2.13. The van der Waals surface area contributed by atoms with Gasteiger partial charge in [0.15, 0.2) is 5.82 Å². The first kappa shape index (κ1) is 8.93. The minimum atomic E-state index is -2.56. The SMILES string of the molecule is CNc1cccc2[nH]c(C(F)F)nc12. The van der Waals surface area contributed by atoms with E-state index in [2.05, 4.69) is 15.3 Å². The summed E-state index contributed by atoms with van der Waals surface area (Å²) in [5.41, 5.74) is 1.91. The van der Waals surface area contributed by atoms with E-state index in [9.17, 15) is 8.78 Å². The van der Waals surface area contributed by atoms with E-state index in [1.807, 2.05) is 0 Å². The van der Waals surface area contributed by atoms with Gasteiger partial charge in [0.1, 0.15) is 5.52 Å². The summed E-state index contributed by atoms with van der Waals surface area (Å²) in [5.74, 6) is -0.289. The number of hydrogen-bond donors (Lipinski definition) is 2. The monoisotopic (exact) mass is 197 g/mol. The van der Waals surface area contributed by atoms with Gasteiger partial charge in [-0.15, -0.1) is 0 Å². The number of hydrogen-bond acceptors (Lipinski definition) is 2. The number of imidazole rings is 1. The van der Waals surface area contributed by atoms with Crippen LogP contribution in [0.4, 0.5) is 14.5 Å². The van der Waals surface area contributed by atoms with Crippen molar-refractivity contribution < 1.29 is 8.78 Å². The molecule has 0 saturated carbocycles. The lowest BCUT2D eigenvalue weighted by molar-refractivity contribution is 0.142. The van der Waals surface area contributed by atoms with Gasteiger partial charge in [0.05, 0.1) is 11.2 Å². The fourth-order valence-corrected chi connectivity index (χ4v) is 1.36. The van der Waals surface area contributed by atoms with Crippen LogP contribution in [0.2, 0.25) is 0 Å². The van der Waals surface area contributed by atoms with Crippen molar-refractivity contribution in [3.05, 3.63) is 24.0 Å². The molecule has 0 unspecified atom stereocenters. The highest BCUT2D eigenvalue weighted by Crippen LogP contribution is 2.24. The number of rotatable bonds is 2. The first-order valence-electron chi connectivity index (χ1n) is 4.17. The van der Waals surface area contributed by atoms with Gasteiger partial charge in [0.25, 0.3) is 6.43 Å². The van der Waals surface area contributed by atoms with Crippen molar-refractivity contribution in [2.24, 2.45) is 0 Å². The third-order valence-corrected chi connectivity index (χ3v) is 2.01. The van der Waals surface area contributed by atoms with E-state index in [4.69, 9.17) is 0 Å². The molecule has 0 atom stereocenters. The van der Waals surface area contributed by atoms with Gasteiger partial charge < -0.3 is 10.3 Å². The zero-order valence-electron chi connectivity index (χ0n) is 7.51. The van der Waals surface area contributed by atoms with Gasteiger partial charge in [0.2, 0.25) is 0 Å². The Kier molecular flexibility index (Phi) is 2.07. The van der Waals surface area contributed by atoms with Gasteiger partial charge in [-0.3, -0.25) is 0 Å². The zero-order chi connectivity index (χ0) is 10.1. The molecule has 0 spiro atoms. The molecule has 1 heterocycles. The molecule has 3 nitrogen and oxygen atoms in total. The first-order valence-corrected chi connectivity index (χ1v) is 4.17. The maximum Gasteiger partial charge on any atom is 0.295 e. The van der Waals surface area contributed by atoms with Gasteiger partial charge in [-0.1, -0.05) is 6.07 Å². The van der Waals surface area contributed by atoms with Gasteiger partial charge >= 0.3 is 0 Å². The van der Waals surface area contributed by atoms with Crippen molar-refractivity contribution in [2.45, 2.75) is 6.43 Å². The topological polar surface area (TPSA) is 40.7 Å². The van der Waals surface area contributed by atoms with Crippen molar-refractivity contribution in [3.63, 3.8) is 0 Å². The number of alkyl halides is 2. The van der Waals surface area contributed by atoms with Crippen molar-refractivity contribution >= 4 is 16.7 Å². The highest BCUT2D eigenvalue weighted by atomic mass is 19.3. The average Bonchev–Trinajstić information content (AvgIpc) is 2.60. The van der Waals surface area contributed by atoms with Crippen LogP contribution in [0, 0.1) is 0 Å². The summed E-state index contributed by atoms with van der Waals surface area (Å²) in [4.78, 5) is 6.38.